The number of pyridine rings is 1. The van der Waals surface area contributed by atoms with Crippen LogP contribution in [-0.2, 0) is 6.54 Å². The number of nitrogens with zero attached hydrogens (tertiary/aromatic N) is 6. The molecule has 0 saturated carbocycles. The number of imide groups is 1. The van der Waals surface area contributed by atoms with Crippen LogP contribution in [0.4, 0.5) is 0 Å². The second-order valence-corrected chi connectivity index (χ2v) is 7.38. The van der Waals surface area contributed by atoms with Crippen molar-refractivity contribution in [1.29, 1.82) is 0 Å². The van der Waals surface area contributed by atoms with Crippen molar-refractivity contribution >= 4 is 22.8 Å². The van der Waals surface area contributed by atoms with Crippen LogP contribution < -0.4 is 0 Å². The van der Waals surface area contributed by atoms with E-state index in [0.717, 1.165) is 17.0 Å². The van der Waals surface area contributed by atoms with Crippen LogP contribution >= 0.6 is 0 Å². The number of carbonyl (C=O) groups is 2. The maximum atomic E-state index is 13.2. The van der Waals surface area contributed by atoms with E-state index >= 15 is 0 Å². The Hall–Kier alpha value is -3.94. The molecule has 0 spiro atoms. The molecule has 148 valence electrons. The van der Waals surface area contributed by atoms with Gasteiger partial charge in [-0.1, -0.05) is 30.3 Å². The third-order valence-corrected chi connectivity index (χ3v) is 5.15. The van der Waals surface area contributed by atoms with Crippen LogP contribution in [0.3, 0.4) is 0 Å². The third-order valence-electron chi connectivity index (χ3n) is 5.15. The first-order chi connectivity index (χ1) is 14.4. The van der Waals surface area contributed by atoms with E-state index in [0.29, 0.717) is 33.8 Å². The van der Waals surface area contributed by atoms with E-state index in [4.69, 9.17) is 0 Å². The number of carbonyl (C=O) groups excluding carboxylic acids is 2. The van der Waals surface area contributed by atoms with Gasteiger partial charge in [0, 0.05) is 17.6 Å². The molecule has 3 aromatic heterocycles. The highest BCUT2D eigenvalue weighted by Gasteiger charge is 2.39. The predicted molar refractivity (Wildman–Crippen MR) is 109 cm³/mol. The number of amides is 2. The summed E-state index contributed by atoms with van der Waals surface area (Å²) in [6.45, 7) is 5.76. The lowest BCUT2D eigenvalue weighted by Crippen LogP contribution is -2.29. The first-order valence-corrected chi connectivity index (χ1v) is 9.55. The highest BCUT2D eigenvalue weighted by Crippen LogP contribution is 2.32. The van der Waals surface area contributed by atoms with Crippen LogP contribution in [0.2, 0.25) is 0 Å². The fourth-order valence-corrected chi connectivity index (χ4v) is 3.86. The van der Waals surface area contributed by atoms with Gasteiger partial charge in [-0.05, 0) is 32.4 Å². The van der Waals surface area contributed by atoms with Crippen molar-refractivity contribution < 1.29 is 9.59 Å². The van der Waals surface area contributed by atoms with Gasteiger partial charge in [-0.25, -0.2) is 15.0 Å². The van der Waals surface area contributed by atoms with Gasteiger partial charge in [0.05, 0.1) is 28.8 Å². The second-order valence-electron chi connectivity index (χ2n) is 7.38. The molecule has 0 atom stereocenters. The van der Waals surface area contributed by atoms with Crippen molar-refractivity contribution in [3.63, 3.8) is 0 Å². The molecule has 0 N–H and O–H groups in total. The first-order valence-electron chi connectivity index (χ1n) is 9.55. The normalized spacial score (nSPS) is 13.4. The molecule has 0 fully saturated rings. The summed E-state index contributed by atoms with van der Waals surface area (Å²) in [7, 11) is 0. The zero-order valence-corrected chi connectivity index (χ0v) is 16.7. The monoisotopic (exact) mass is 398 g/mol. The summed E-state index contributed by atoms with van der Waals surface area (Å²) in [6, 6.07) is 11.3. The van der Waals surface area contributed by atoms with Gasteiger partial charge in [-0.3, -0.25) is 14.5 Å². The summed E-state index contributed by atoms with van der Waals surface area (Å²) in [6.07, 6.45) is 1.45. The van der Waals surface area contributed by atoms with Crippen LogP contribution in [-0.4, -0.2) is 41.4 Å². The van der Waals surface area contributed by atoms with Crippen LogP contribution in [0, 0.1) is 20.8 Å². The molecule has 8 nitrogen and oxygen atoms in total. The van der Waals surface area contributed by atoms with Crippen molar-refractivity contribution in [1.82, 2.24) is 29.6 Å². The Labute approximate surface area is 172 Å². The summed E-state index contributed by atoms with van der Waals surface area (Å²) in [5.41, 5.74) is 4.19. The molecule has 5 rings (SSSR count). The Morgan fingerprint density at radius 1 is 0.933 bits per heavy atom. The molecular formula is C22H18N6O2. The SMILES string of the molecule is Cc1cc(C)nc(-n2nc(C)c3c4c(cnc32)C(=O)N(Cc2ccccc2)C4=O)n1. The topological polar surface area (TPSA) is 93.9 Å². The maximum absolute atomic E-state index is 13.2. The standard InChI is InChI=1S/C22H18N6O2/c1-12-9-13(2)25-22(24-12)28-19-17(14(3)26-28)18-16(10-23-19)20(29)27(21(18)30)11-15-7-5-4-6-8-15/h4-10H,11H2,1-3H3. The van der Waals surface area contributed by atoms with Crippen molar-refractivity contribution in [2.45, 2.75) is 27.3 Å². The van der Waals surface area contributed by atoms with Gasteiger partial charge in [0.1, 0.15) is 0 Å². The molecule has 4 aromatic rings. The van der Waals surface area contributed by atoms with Gasteiger partial charge in [-0.15, -0.1) is 0 Å². The largest absolute Gasteiger partial charge is 0.270 e. The van der Waals surface area contributed by atoms with Crippen molar-refractivity contribution in [3.05, 3.63) is 76.4 Å². The molecule has 4 heterocycles. The quantitative estimate of drug-likeness (QED) is 0.493. The second kappa shape index (κ2) is 6.55. The van der Waals surface area contributed by atoms with E-state index in [-0.39, 0.29) is 18.4 Å². The average molecular weight is 398 g/mol. The van der Waals surface area contributed by atoms with Crippen molar-refractivity contribution in [2.24, 2.45) is 0 Å². The molecule has 0 unspecified atom stereocenters. The van der Waals surface area contributed by atoms with Crippen molar-refractivity contribution in [3.8, 4) is 5.95 Å². The van der Waals surface area contributed by atoms with Gasteiger partial charge in [-0.2, -0.15) is 9.78 Å². The van der Waals surface area contributed by atoms with Gasteiger partial charge in [0.15, 0.2) is 5.65 Å². The smallest absolute Gasteiger partial charge is 0.263 e. The van der Waals surface area contributed by atoms with Crippen LogP contribution in [0.15, 0.2) is 42.6 Å². The Kier molecular flexibility index (Phi) is 3.95. The van der Waals surface area contributed by atoms with Gasteiger partial charge < -0.3 is 0 Å². The maximum Gasteiger partial charge on any atom is 0.263 e. The lowest BCUT2D eigenvalue weighted by molar-refractivity contribution is 0.0643. The summed E-state index contributed by atoms with van der Waals surface area (Å²) >= 11 is 0. The van der Waals surface area contributed by atoms with Gasteiger partial charge >= 0.3 is 0 Å². The molecule has 0 radical (unpaired) electrons. The summed E-state index contributed by atoms with van der Waals surface area (Å²) < 4.78 is 1.53. The summed E-state index contributed by atoms with van der Waals surface area (Å²) in [5.74, 6) is -0.297. The van der Waals surface area contributed by atoms with E-state index < -0.39 is 0 Å². The van der Waals surface area contributed by atoms with Gasteiger partial charge in [0.2, 0.25) is 0 Å². The molecule has 2 amide bonds. The van der Waals surface area contributed by atoms with Crippen LogP contribution in [0.5, 0.6) is 0 Å². The van der Waals surface area contributed by atoms with E-state index in [2.05, 4.69) is 20.1 Å². The summed E-state index contributed by atoms with van der Waals surface area (Å²) in [4.78, 5) is 40.8. The number of benzene rings is 1. The predicted octanol–water partition coefficient (Wildman–Crippen LogP) is 2.93. The molecule has 1 aliphatic rings. The summed E-state index contributed by atoms with van der Waals surface area (Å²) in [5, 5.41) is 5.09. The molecule has 30 heavy (non-hydrogen) atoms. The third kappa shape index (κ3) is 2.68. The number of hydrogen-bond donors (Lipinski definition) is 0. The Bertz CT molecular complexity index is 1320. The lowest BCUT2D eigenvalue weighted by atomic mass is 10.1. The number of hydrogen-bond acceptors (Lipinski definition) is 6. The van der Waals surface area contributed by atoms with E-state index in [1.54, 1.807) is 6.92 Å². The highest BCUT2D eigenvalue weighted by atomic mass is 16.2. The number of rotatable bonds is 3. The fourth-order valence-electron chi connectivity index (χ4n) is 3.86. The Morgan fingerprint density at radius 2 is 1.63 bits per heavy atom. The van der Waals surface area contributed by atoms with E-state index in [9.17, 15) is 9.59 Å². The number of fused-ring (bicyclic) bond motifs is 3. The Balaban J connectivity index is 1.65. The lowest BCUT2D eigenvalue weighted by Gasteiger charge is -2.13. The zero-order valence-electron chi connectivity index (χ0n) is 16.7. The molecule has 0 aliphatic carbocycles. The molecule has 0 bridgehead atoms. The molecule has 1 aromatic carbocycles. The minimum Gasteiger partial charge on any atom is -0.270 e. The van der Waals surface area contributed by atoms with Crippen molar-refractivity contribution in [2.75, 3.05) is 0 Å². The first kappa shape index (κ1) is 18.1. The fraction of sp³-hybridized carbons (Fsp3) is 0.182. The molecular weight excluding hydrogens is 380 g/mol. The van der Waals surface area contributed by atoms with Crippen LogP contribution in [0.25, 0.3) is 17.0 Å². The molecule has 1 aliphatic heterocycles. The van der Waals surface area contributed by atoms with Gasteiger partial charge in [0.25, 0.3) is 17.8 Å². The zero-order chi connectivity index (χ0) is 21.0. The molecule has 8 heteroatoms. The number of aromatic nitrogens is 5. The van der Waals surface area contributed by atoms with Crippen LogP contribution in [0.1, 0.15) is 43.4 Å². The average Bonchev–Trinajstić information content (AvgIpc) is 3.18. The Morgan fingerprint density at radius 3 is 2.33 bits per heavy atom. The highest BCUT2D eigenvalue weighted by molar-refractivity contribution is 6.26. The minimum atomic E-state index is -0.344. The molecule has 0 saturated heterocycles. The minimum absolute atomic E-state index is 0.210. The number of aryl methyl sites for hydroxylation is 3. The van der Waals surface area contributed by atoms with E-state index in [1.807, 2.05) is 50.2 Å². The van der Waals surface area contributed by atoms with E-state index in [1.165, 1.54) is 15.8 Å².